The lowest BCUT2D eigenvalue weighted by Gasteiger charge is -2.19. The van der Waals surface area contributed by atoms with Crippen LogP contribution < -0.4 is 16.0 Å². The molecule has 1 atom stereocenters. The number of hydrogen-bond donors (Lipinski definition) is 5. The smallest absolute Gasteiger partial charge is 0.255 e. The van der Waals surface area contributed by atoms with Gasteiger partial charge in [0.2, 0.25) is 0 Å². The molecule has 3 heterocycles. The molecule has 0 saturated carbocycles. The Kier molecular flexibility index (Phi) is 7.86. The number of carbonyl (C=O) groups excluding carboxylic acids is 2. The summed E-state index contributed by atoms with van der Waals surface area (Å²) in [5.41, 5.74) is 6.42. The van der Waals surface area contributed by atoms with E-state index in [1.54, 1.807) is 36.5 Å². The van der Waals surface area contributed by atoms with E-state index in [4.69, 9.17) is 0 Å². The van der Waals surface area contributed by atoms with Gasteiger partial charge >= 0.3 is 0 Å². The Morgan fingerprint density at radius 1 is 1.00 bits per heavy atom. The summed E-state index contributed by atoms with van der Waals surface area (Å²) in [4.78, 5) is 33.9. The summed E-state index contributed by atoms with van der Waals surface area (Å²) in [6.07, 6.45) is 2.86. The minimum Gasteiger partial charge on any atom is -0.507 e. The first-order valence-corrected chi connectivity index (χ1v) is 14.1. The predicted molar refractivity (Wildman–Crippen MR) is 163 cm³/mol. The summed E-state index contributed by atoms with van der Waals surface area (Å²) in [5, 5.41) is 19.4. The van der Waals surface area contributed by atoms with Crippen LogP contribution >= 0.6 is 0 Å². The number of aromatic amines is 1. The molecule has 43 heavy (non-hydrogen) atoms. The van der Waals surface area contributed by atoms with Crippen molar-refractivity contribution >= 4 is 23.2 Å². The van der Waals surface area contributed by atoms with E-state index in [2.05, 4.69) is 25.9 Å². The Morgan fingerprint density at radius 2 is 1.77 bits per heavy atom. The first-order valence-electron chi connectivity index (χ1n) is 14.1. The van der Waals surface area contributed by atoms with Crippen LogP contribution in [0, 0.1) is 5.82 Å². The maximum absolute atomic E-state index is 13.8. The summed E-state index contributed by atoms with van der Waals surface area (Å²) in [5.74, 6) is -1.22. The van der Waals surface area contributed by atoms with Gasteiger partial charge < -0.3 is 26.0 Å². The lowest BCUT2D eigenvalue weighted by Crippen LogP contribution is -2.31. The van der Waals surface area contributed by atoms with Gasteiger partial charge in [0.15, 0.2) is 0 Å². The zero-order valence-electron chi connectivity index (χ0n) is 23.2. The van der Waals surface area contributed by atoms with Gasteiger partial charge in [-0.2, -0.15) is 0 Å². The molecule has 1 aliphatic rings. The Morgan fingerprint density at radius 3 is 2.56 bits per heavy atom. The van der Waals surface area contributed by atoms with Gasteiger partial charge in [-0.15, -0.1) is 0 Å². The Labute approximate surface area is 248 Å². The highest BCUT2D eigenvalue weighted by atomic mass is 19.1. The molecule has 216 valence electrons. The molecule has 0 aliphatic carbocycles. The molecule has 8 nitrogen and oxygen atoms in total. The van der Waals surface area contributed by atoms with E-state index < -0.39 is 5.91 Å². The number of para-hydroxylation sites is 2. The molecule has 0 unspecified atom stereocenters. The number of halogens is 1. The molecule has 5 N–H and O–H groups in total. The van der Waals surface area contributed by atoms with E-state index in [1.807, 2.05) is 42.5 Å². The van der Waals surface area contributed by atoms with Crippen molar-refractivity contribution in [3.8, 4) is 17.0 Å². The molecule has 2 aromatic heterocycles. The molecule has 0 spiro atoms. The third-order valence-corrected chi connectivity index (χ3v) is 7.57. The number of nitrogens with one attached hydrogen (secondary N) is 4. The molecule has 0 fully saturated rings. The normalized spacial score (nSPS) is 13.1. The Balaban J connectivity index is 1.31. The average molecular weight is 576 g/mol. The SMILES string of the molecule is O=C(NC[C@@H](Cc1cc(-c2[nH]c3c(c2Nc2ccccc2)C(=O)NCC3)ccn1)c1ccc(F)cc1)c1ccccc1O. The molecule has 1 aliphatic heterocycles. The summed E-state index contributed by atoms with van der Waals surface area (Å²) in [7, 11) is 0. The van der Waals surface area contributed by atoms with E-state index >= 15 is 0 Å². The third kappa shape index (κ3) is 6.11. The number of benzene rings is 3. The number of amides is 2. The van der Waals surface area contributed by atoms with Gasteiger partial charge in [-0.3, -0.25) is 14.6 Å². The second kappa shape index (κ2) is 12.2. The number of H-pyrrole nitrogens is 1. The number of anilines is 2. The molecular formula is C34H30FN5O3. The summed E-state index contributed by atoms with van der Waals surface area (Å²) in [6, 6.07) is 26.1. The fourth-order valence-corrected chi connectivity index (χ4v) is 5.40. The standard InChI is InChI=1S/C34H30FN5O3/c35-24-12-10-21(11-13-24)23(20-38-33(42)27-8-4-5-9-29(27)41)19-26-18-22(14-16-36-26)31-32(39-25-6-2-1-3-7-25)30-28(40-31)15-17-37-34(30)43/h1-14,16,18,23,39-41H,15,17,19-20H2,(H,37,43)(H,38,42)/t23-/m1/s1. The first-order chi connectivity index (χ1) is 21.0. The summed E-state index contributed by atoms with van der Waals surface area (Å²) >= 11 is 0. The van der Waals surface area contributed by atoms with Gasteiger partial charge in [0.1, 0.15) is 11.6 Å². The zero-order valence-corrected chi connectivity index (χ0v) is 23.2. The van der Waals surface area contributed by atoms with Crippen LogP contribution in [0.15, 0.2) is 97.2 Å². The first kappa shape index (κ1) is 27.7. The molecule has 5 aromatic rings. The number of aromatic hydroxyl groups is 1. The van der Waals surface area contributed by atoms with Gasteiger partial charge in [-0.25, -0.2) is 4.39 Å². The maximum atomic E-state index is 13.8. The molecule has 3 aromatic carbocycles. The van der Waals surface area contributed by atoms with Gasteiger partial charge in [-0.1, -0.05) is 42.5 Å². The fraction of sp³-hybridized carbons (Fsp3) is 0.147. The number of pyridine rings is 1. The van der Waals surface area contributed by atoms with Crippen LogP contribution in [0.1, 0.15) is 43.6 Å². The highest BCUT2D eigenvalue weighted by Crippen LogP contribution is 2.37. The number of aromatic nitrogens is 2. The number of nitrogens with zero attached hydrogens (tertiary/aromatic N) is 1. The van der Waals surface area contributed by atoms with E-state index in [0.717, 1.165) is 33.9 Å². The van der Waals surface area contributed by atoms with Gasteiger partial charge in [0, 0.05) is 54.3 Å². The van der Waals surface area contributed by atoms with Crippen LogP contribution in [0.3, 0.4) is 0 Å². The molecular weight excluding hydrogens is 545 g/mol. The van der Waals surface area contributed by atoms with Crippen LogP contribution in [0.5, 0.6) is 5.75 Å². The molecule has 2 amide bonds. The van der Waals surface area contributed by atoms with Gasteiger partial charge in [-0.05, 0) is 60.5 Å². The van der Waals surface area contributed by atoms with Crippen LogP contribution in [0.4, 0.5) is 15.8 Å². The topological polar surface area (TPSA) is 119 Å². The van der Waals surface area contributed by atoms with Crippen LogP contribution in [-0.4, -0.2) is 40.0 Å². The van der Waals surface area contributed by atoms with Crippen LogP contribution in [0.25, 0.3) is 11.3 Å². The van der Waals surface area contributed by atoms with E-state index in [1.165, 1.54) is 18.2 Å². The molecule has 0 bridgehead atoms. The highest BCUT2D eigenvalue weighted by molar-refractivity contribution is 6.06. The maximum Gasteiger partial charge on any atom is 0.255 e. The van der Waals surface area contributed by atoms with Crippen molar-refractivity contribution in [3.63, 3.8) is 0 Å². The van der Waals surface area contributed by atoms with Crippen molar-refractivity contribution in [2.75, 3.05) is 18.4 Å². The van der Waals surface area contributed by atoms with E-state index in [0.29, 0.717) is 30.6 Å². The Bertz CT molecular complexity index is 1770. The monoisotopic (exact) mass is 575 g/mol. The second-order valence-electron chi connectivity index (χ2n) is 10.4. The largest absolute Gasteiger partial charge is 0.507 e. The van der Waals surface area contributed by atoms with E-state index in [9.17, 15) is 19.1 Å². The minimum absolute atomic E-state index is 0.102. The summed E-state index contributed by atoms with van der Waals surface area (Å²) < 4.78 is 13.8. The lowest BCUT2D eigenvalue weighted by molar-refractivity contribution is 0.0939. The zero-order chi connectivity index (χ0) is 29.8. The quantitative estimate of drug-likeness (QED) is 0.154. The predicted octanol–water partition coefficient (Wildman–Crippen LogP) is 5.71. The summed E-state index contributed by atoms with van der Waals surface area (Å²) in [6.45, 7) is 0.798. The van der Waals surface area contributed by atoms with Crippen molar-refractivity contribution in [3.05, 3.63) is 131 Å². The van der Waals surface area contributed by atoms with Crippen molar-refractivity contribution in [2.45, 2.75) is 18.8 Å². The van der Waals surface area contributed by atoms with E-state index in [-0.39, 0.29) is 35.5 Å². The number of phenols is 1. The van der Waals surface area contributed by atoms with Crippen LogP contribution in [0.2, 0.25) is 0 Å². The number of rotatable bonds is 9. The van der Waals surface area contributed by atoms with Crippen molar-refractivity contribution in [1.29, 1.82) is 0 Å². The van der Waals surface area contributed by atoms with Crippen LogP contribution in [-0.2, 0) is 12.8 Å². The highest BCUT2D eigenvalue weighted by Gasteiger charge is 2.27. The van der Waals surface area contributed by atoms with Gasteiger partial charge in [0.05, 0.1) is 22.5 Å². The molecule has 0 radical (unpaired) electrons. The minimum atomic E-state index is -0.404. The number of phenolic OH excluding ortho intramolecular Hbond substituents is 1. The molecule has 9 heteroatoms. The van der Waals surface area contributed by atoms with Gasteiger partial charge in [0.25, 0.3) is 11.8 Å². The average Bonchev–Trinajstić information content (AvgIpc) is 3.40. The number of hydrogen-bond acceptors (Lipinski definition) is 5. The second-order valence-corrected chi connectivity index (χ2v) is 10.4. The number of fused-ring (bicyclic) bond motifs is 1. The Hall–Kier alpha value is -5.44. The molecule has 0 saturated heterocycles. The lowest BCUT2D eigenvalue weighted by atomic mass is 9.93. The number of carbonyl (C=O) groups is 2. The fourth-order valence-electron chi connectivity index (χ4n) is 5.40. The van der Waals surface area contributed by atoms with Crippen molar-refractivity contribution < 1.29 is 19.1 Å². The molecule has 6 rings (SSSR count). The third-order valence-electron chi connectivity index (χ3n) is 7.57. The van der Waals surface area contributed by atoms with Crippen molar-refractivity contribution in [1.82, 2.24) is 20.6 Å². The van der Waals surface area contributed by atoms with Crippen molar-refractivity contribution in [2.24, 2.45) is 0 Å².